The summed E-state index contributed by atoms with van der Waals surface area (Å²) in [6.45, 7) is 2.11. The van der Waals surface area contributed by atoms with E-state index in [0.29, 0.717) is 29.7 Å². The van der Waals surface area contributed by atoms with Crippen molar-refractivity contribution in [3.8, 4) is 0 Å². The number of hydrogen-bond donors (Lipinski definition) is 2. The first-order valence-corrected chi connectivity index (χ1v) is 7.63. The summed E-state index contributed by atoms with van der Waals surface area (Å²) in [5, 5.41) is 3.35. The van der Waals surface area contributed by atoms with Crippen LogP contribution < -0.4 is 11.1 Å². The van der Waals surface area contributed by atoms with Crippen LogP contribution >= 0.6 is 11.8 Å². The Kier molecular flexibility index (Phi) is 4.90. The number of nitrogen functional groups attached to an aromatic ring is 1. The van der Waals surface area contributed by atoms with E-state index in [1.54, 1.807) is 13.0 Å². The average Bonchev–Trinajstić information content (AvgIpc) is 2.42. The van der Waals surface area contributed by atoms with E-state index in [9.17, 15) is 4.79 Å². The maximum atomic E-state index is 11.7. The number of esters is 1. The minimum Gasteiger partial charge on any atom is -0.462 e. The van der Waals surface area contributed by atoms with Gasteiger partial charge in [-0.1, -0.05) is 0 Å². The number of pyridine rings is 1. The minimum absolute atomic E-state index is 0.336. The monoisotopic (exact) mass is 281 g/mol. The van der Waals surface area contributed by atoms with Crippen LogP contribution in [-0.2, 0) is 4.74 Å². The number of nitrogens with two attached hydrogens (primary N) is 1. The molecule has 0 aliphatic carbocycles. The molecule has 0 saturated carbocycles. The topological polar surface area (TPSA) is 77.2 Å². The lowest BCUT2D eigenvalue weighted by Gasteiger charge is -2.23. The molecular weight excluding hydrogens is 262 g/mol. The quantitative estimate of drug-likeness (QED) is 0.823. The fourth-order valence-electron chi connectivity index (χ4n) is 1.99. The van der Waals surface area contributed by atoms with Crippen molar-refractivity contribution in [1.29, 1.82) is 0 Å². The second kappa shape index (κ2) is 6.65. The lowest BCUT2D eigenvalue weighted by Crippen LogP contribution is -2.26. The van der Waals surface area contributed by atoms with Gasteiger partial charge in [0, 0.05) is 11.8 Å². The van der Waals surface area contributed by atoms with Gasteiger partial charge in [0.15, 0.2) is 0 Å². The largest absolute Gasteiger partial charge is 0.462 e. The van der Waals surface area contributed by atoms with Crippen molar-refractivity contribution >= 4 is 29.2 Å². The molecule has 6 heteroatoms. The van der Waals surface area contributed by atoms with Crippen LogP contribution in [-0.4, -0.2) is 35.1 Å². The van der Waals surface area contributed by atoms with Gasteiger partial charge >= 0.3 is 5.97 Å². The molecule has 1 saturated heterocycles. The summed E-state index contributed by atoms with van der Waals surface area (Å²) in [6, 6.07) is 2.08. The highest BCUT2D eigenvalue weighted by atomic mass is 32.2. The molecule has 1 aromatic heterocycles. The Balaban J connectivity index is 2.08. The highest BCUT2D eigenvalue weighted by Crippen LogP contribution is 2.22. The number of ether oxygens (including phenoxy) is 1. The highest BCUT2D eigenvalue weighted by Gasteiger charge is 2.16. The number of hydrogen-bond acceptors (Lipinski definition) is 6. The molecule has 104 valence electrons. The number of carbonyl (C=O) groups is 1. The van der Waals surface area contributed by atoms with Crippen LogP contribution in [0.4, 0.5) is 11.5 Å². The maximum absolute atomic E-state index is 11.7. The first-order valence-electron chi connectivity index (χ1n) is 6.47. The summed E-state index contributed by atoms with van der Waals surface area (Å²) in [5.41, 5.74) is 6.49. The third kappa shape index (κ3) is 3.76. The van der Waals surface area contributed by atoms with Gasteiger partial charge in [-0.3, -0.25) is 0 Å². The van der Waals surface area contributed by atoms with Crippen LogP contribution in [0.3, 0.4) is 0 Å². The van der Waals surface area contributed by atoms with Crippen LogP contribution in [0.1, 0.15) is 30.1 Å². The molecule has 1 aliphatic heterocycles. The number of aromatic nitrogens is 1. The van der Waals surface area contributed by atoms with E-state index in [2.05, 4.69) is 10.3 Å². The first-order chi connectivity index (χ1) is 9.20. The summed E-state index contributed by atoms with van der Waals surface area (Å²) in [7, 11) is 0. The third-order valence-corrected chi connectivity index (χ3v) is 4.16. The molecule has 1 unspecified atom stereocenters. The van der Waals surface area contributed by atoms with Crippen molar-refractivity contribution < 1.29 is 9.53 Å². The second-order valence-corrected chi connectivity index (χ2v) is 5.59. The van der Waals surface area contributed by atoms with E-state index in [-0.39, 0.29) is 0 Å². The molecule has 0 aromatic carbocycles. The number of nitrogens with zero attached hydrogens (tertiary/aromatic N) is 1. The molecule has 19 heavy (non-hydrogen) atoms. The molecule has 2 heterocycles. The van der Waals surface area contributed by atoms with Gasteiger partial charge < -0.3 is 15.8 Å². The van der Waals surface area contributed by atoms with E-state index >= 15 is 0 Å². The van der Waals surface area contributed by atoms with Crippen molar-refractivity contribution in [1.82, 2.24) is 4.98 Å². The van der Waals surface area contributed by atoms with Gasteiger partial charge in [0.1, 0.15) is 5.82 Å². The van der Waals surface area contributed by atoms with Crippen molar-refractivity contribution in [2.45, 2.75) is 25.8 Å². The summed E-state index contributed by atoms with van der Waals surface area (Å²) < 4.78 is 4.98. The van der Waals surface area contributed by atoms with Crippen LogP contribution in [0.25, 0.3) is 0 Å². The van der Waals surface area contributed by atoms with Crippen molar-refractivity contribution in [2.24, 2.45) is 0 Å². The minimum atomic E-state index is -0.400. The normalized spacial score (nSPS) is 18.9. The van der Waals surface area contributed by atoms with Gasteiger partial charge in [-0.15, -0.1) is 0 Å². The fourth-order valence-corrected chi connectivity index (χ4v) is 3.07. The lowest BCUT2D eigenvalue weighted by atomic mass is 10.1. The molecule has 1 atom stereocenters. The Morgan fingerprint density at radius 3 is 3.21 bits per heavy atom. The van der Waals surface area contributed by atoms with E-state index < -0.39 is 5.97 Å². The van der Waals surface area contributed by atoms with Crippen LogP contribution in [0, 0.1) is 0 Å². The Bertz CT molecular complexity index is 448. The smallest absolute Gasteiger partial charge is 0.340 e. The van der Waals surface area contributed by atoms with Gasteiger partial charge in [0.25, 0.3) is 0 Å². The first kappa shape index (κ1) is 14.0. The van der Waals surface area contributed by atoms with Crippen molar-refractivity contribution in [2.75, 3.05) is 29.2 Å². The molecule has 5 nitrogen and oxygen atoms in total. The lowest BCUT2D eigenvalue weighted by molar-refractivity contribution is 0.0527. The standard InChI is InChI=1S/C13H19N3O2S/c1-2-18-13(17)10-6-12(15-7-11(10)14)16-9-4-3-5-19-8-9/h6-7,9H,2-5,8,14H2,1H3,(H,15,16). The number of anilines is 2. The van der Waals surface area contributed by atoms with Gasteiger partial charge in [-0.05, 0) is 31.6 Å². The van der Waals surface area contributed by atoms with E-state index in [0.717, 1.165) is 12.2 Å². The molecular formula is C13H19N3O2S. The zero-order valence-electron chi connectivity index (χ0n) is 11.0. The Morgan fingerprint density at radius 1 is 1.68 bits per heavy atom. The number of carbonyl (C=O) groups excluding carboxylic acids is 1. The molecule has 0 amide bonds. The van der Waals surface area contributed by atoms with Crippen molar-refractivity contribution in [3.05, 3.63) is 17.8 Å². The van der Waals surface area contributed by atoms with Gasteiger partial charge in [-0.25, -0.2) is 9.78 Å². The van der Waals surface area contributed by atoms with Gasteiger partial charge in [-0.2, -0.15) is 11.8 Å². The van der Waals surface area contributed by atoms with Gasteiger partial charge in [0.05, 0.1) is 24.1 Å². The summed E-state index contributed by atoms with van der Waals surface area (Å²) in [4.78, 5) is 16.0. The molecule has 0 bridgehead atoms. The summed E-state index contributed by atoms with van der Waals surface area (Å²) in [5.74, 6) is 2.58. The third-order valence-electron chi connectivity index (χ3n) is 2.94. The zero-order chi connectivity index (χ0) is 13.7. The summed E-state index contributed by atoms with van der Waals surface area (Å²) >= 11 is 1.94. The number of thioether (sulfide) groups is 1. The van der Waals surface area contributed by atoms with E-state index in [4.69, 9.17) is 10.5 Å². The molecule has 3 N–H and O–H groups in total. The predicted molar refractivity (Wildman–Crippen MR) is 78.6 cm³/mol. The van der Waals surface area contributed by atoms with E-state index in [1.807, 2.05) is 11.8 Å². The summed E-state index contributed by atoms with van der Waals surface area (Å²) in [6.07, 6.45) is 3.85. The average molecular weight is 281 g/mol. The number of rotatable bonds is 4. The molecule has 1 fully saturated rings. The fraction of sp³-hybridized carbons (Fsp3) is 0.538. The Morgan fingerprint density at radius 2 is 2.53 bits per heavy atom. The number of nitrogens with one attached hydrogen (secondary N) is 1. The maximum Gasteiger partial charge on any atom is 0.340 e. The molecule has 0 radical (unpaired) electrons. The molecule has 0 spiro atoms. The molecule has 1 aliphatic rings. The SMILES string of the molecule is CCOC(=O)c1cc(NC2CCCSC2)ncc1N. The van der Waals surface area contributed by atoms with Gasteiger partial charge in [0.2, 0.25) is 0 Å². The Hall–Kier alpha value is -1.43. The zero-order valence-corrected chi connectivity index (χ0v) is 11.8. The van der Waals surface area contributed by atoms with Crippen LogP contribution in [0.15, 0.2) is 12.3 Å². The van der Waals surface area contributed by atoms with Crippen LogP contribution in [0.5, 0.6) is 0 Å². The Labute approximate surface area is 117 Å². The van der Waals surface area contributed by atoms with Crippen LogP contribution in [0.2, 0.25) is 0 Å². The second-order valence-electron chi connectivity index (χ2n) is 4.44. The highest BCUT2D eigenvalue weighted by molar-refractivity contribution is 7.99. The van der Waals surface area contributed by atoms with Crippen molar-refractivity contribution in [3.63, 3.8) is 0 Å². The van der Waals surface area contributed by atoms with E-state index in [1.165, 1.54) is 18.4 Å². The molecule has 2 rings (SSSR count). The molecule has 1 aromatic rings. The predicted octanol–water partition coefficient (Wildman–Crippen LogP) is 2.15.